The highest BCUT2D eigenvalue weighted by molar-refractivity contribution is 7.91. The topological polar surface area (TPSA) is 124 Å². The van der Waals surface area contributed by atoms with Crippen LogP contribution in [0.15, 0.2) is 47.4 Å². The third kappa shape index (κ3) is 5.05. The van der Waals surface area contributed by atoms with Crippen molar-refractivity contribution in [3.8, 4) is 0 Å². The van der Waals surface area contributed by atoms with Crippen LogP contribution >= 0.6 is 0 Å². The van der Waals surface area contributed by atoms with Crippen LogP contribution in [-0.2, 0) is 31.6 Å². The fourth-order valence-electron chi connectivity index (χ4n) is 4.57. The van der Waals surface area contributed by atoms with E-state index in [0.717, 1.165) is 12.1 Å². The second kappa shape index (κ2) is 9.73. The summed E-state index contributed by atoms with van der Waals surface area (Å²) in [6.45, 7) is 0.967. The molecular formula is C25H24F6N2O6S. The number of carbonyl (C=O) groups is 2. The molecule has 0 radical (unpaired) electrons. The number of carbonyl (C=O) groups excluding carboxylic acids is 2. The zero-order valence-electron chi connectivity index (χ0n) is 20.8. The molecule has 1 atom stereocenters. The highest BCUT2D eigenvalue weighted by Crippen LogP contribution is 2.51. The van der Waals surface area contributed by atoms with E-state index in [9.17, 15) is 49.5 Å². The lowest BCUT2D eigenvalue weighted by atomic mass is 9.92. The third-order valence-electron chi connectivity index (χ3n) is 7.20. The van der Waals surface area contributed by atoms with Crippen LogP contribution < -0.4 is 5.32 Å². The predicted octanol–water partition coefficient (Wildman–Crippen LogP) is 3.59. The standard InChI is InChI=1S/C25H24F6N2O6S/c1-22(8-9-22)21(36)33-13-14-12-17(40(38,39)11-10-34)6-7-18(14)19(33)20(35)32-16-4-2-15(3-5-16)23(37,24(26,27)28)25(29,30)31/h2-7,12,19,34,37H,8-11,13H2,1H3,(H,32,35). The molecule has 1 fully saturated rings. The van der Waals surface area contributed by atoms with Gasteiger partial charge in [-0.3, -0.25) is 9.59 Å². The van der Waals surface area contributed by atoms with Crippen molar-refractivity contribution in [1.29, 1.82) is 0 Å². The van der Waals surface area contributed by atoms with Gasteiger partial charge in [0.25, 0.3) is 11.5 Å². The molecule has 1 aliphatic carbocycles. The second-order valence-electron chi connectivity index (χ2n) is 10.1. The maximum Gasteiger partial charge on any atom is 0.430 e. The van der Waals surface area contributed by atoms with Crippen molar-refractivity contribution in [2.75, 3.05) is 17.7 Å². The number of nitrogens with zero attached hydrogens (tertiary/aromatic N) is 1. The number of amides is 2. The summed E-state index contributed by atoms with van der Waals surface area (Å²) < 4.78 is 104. The van der Waals surface area contributed by atoms with Gasteiger partial charge in [-0.2, -0.15) is 26.3 Å². The molecule has 0 saturated heterocycles. The van der Waals surface area contributed by atoms with Crippen molar-refractivity contribution in [3.63, 3.8) is 0 Å². The van der Waals surface area contributed by atoms with Crippen LogP contribution in [-0.4, -0.2) is 60.1 Å². The quantitative estimate of drug-likeness (QED) is 0.421. The molecule has 2 amide bonds. The fraction of sp³-hybridized carbons (Fsp3) is 0.440. The van der Waals surface area contributed by atoms with E-state index in [1.807, 2.05) is 0 Å². The maximum atomic E-state index is 13.4. The molecule has 15 heteroatoms. The Balaban J connectivity index is 1.65. The minimum Gasteiger partial charge on any atom is -0.395 e. The Morgan fingerprint density at radius 2 is 1.60 bits per heavy atom. The van der Waals surface area contributed by atoms with Crippen molar-refractivity contribution in [2.24, 2.45) is 5.41 Å². The summed E-state index contributed by atoms with van der Waals surface area (Å²) >= 11 is 0. The molecule has 1 saturated carbocycles. The first-order chi connectivity index (χ1) is 18.4. The third-order valence-corrected chi connectivity index (χ3v) is 8.89. The van der Waals surface area contributed by atoms with Gasteiger partial charge in [-0.1, -0.05) is 25.1 Å². The molecule has 1 aliphatic heterocycles. The van der Waals surface area contributed by atoms with Gasteiger partial charge in [-0.25, -0.2) is 8.42 Å². The Hall–Kier alpha value is -3.17. The summed E-state index contributed by atoms with van der Waals surface area (Å²) in [5, 5.41) is 21.0. The Bertz CT molecular complexity index is 1420. The molecule has 1 heterocycles. The van der Waals surface area contributed by atoms with Crippen LogP contribution in [0.4, 0.5) is 32.0 Å². The first-order valence-electron chi connectivity index (χ1n) is 11.9. The number of hydrogen-bond donors (Lipinski definition) is 3. The molecule has 40 heavy (non-hydrogen) atoms. The maximum absolute atomic E-state index is 13.4. The summed E-state index contributed by atoms with van der Waals surface area (Å²) in [5.74, 6) is -1.75. The average Bonchev–Trinajstić information content (AvgIpc) is 3.48. The lowest BCUT2D eigenvalue weighted by Crippen LogP contribution is -2.53. The Kier molecular flexibility index (Phi) is 7.25. The van der Waals surface area contributed by atoms with Gasteiger partial charge in [0.15, 0.2) is 9.84 Å². The van der Waals surface area contributed by atoms with Gasteiger partial charge in [0, 0.05) is 23.2 Å². The number of alkyl halides is 6. The molecule has 0 bridgehead atoms. The normalized spacial score (nSPS) is 18.8. The van der Waals surface area contributed by atoms with Crippen LogP contribution in [0.3, 0.4) is 0 Å². The second-order valence-corrected chi connectivity index (χ2v) is 12.2. The van der Waals surface area contributed by atoms with E-state index in [2.05, 4.69) is 5.32 Å². The lowest BCUT2D eigenvalue weighted by molar-refractivity contribution is -0.376. The van der Waals surface area contributed by atoms with E-state index in [1.165, 1.54) is 23.1 Å². The number of sulfone groups is 1. The van der Waals surface area contributed by atoms with Gasteiger partial charge in [0.05, 0.1) is 17.3 Å². The van der Waals surface area contributed by atoms with E-state index in [-0.39, 0.29) is 28.6 Å². The van der Waals surface area contributed by atoms with Crippen molar-refractivity contribution >= 4 is 27.3 Å². The predicted molar refractivity (Wildman–Crippen MR) is 127 cm³/mol. The summed E-state index contributed by atoms with van der Waals surface area (Å²) in [4.78, 5) is 27.7. The molecule has 0 aromatic heterocycles. The molecule has 3 N–H and O–H groups in total. The van der Waals surface area contributed by atoms with E-state index >= 15 is 0 Å². The van der Waals surface area contributed by atoms with Gasteiger partial charge < -0.3 is 20.4 Å². The van der Waals surface area contributed by atoms with Crippen molar-refractivity contribution < 1.29 is 54.6 Å². The molecular weight excluding hydrogens is 570 g/mol. The molecule has 1 unspecified atom stereocenters. The number of aliphatic hydroxyl groups is 2. The van der Waals surface area contributed by atoms with Gasteiger partial charge >= 0.3 is 12.4 Å². The van der Waals surface area contributed by atoms with Crippen molar-refractivity contribution in [2.45, 2.75) is 55.2 Å². The van der Waals surface area contributed by atoms with E-state index in [4.69, 9.17) is 5.11 Å². The molecule has 218 valence electrons. The highest BCUT2D eigenvalue weighted by atomic mass is 32.2. The molecule has 4 rings (SSSR count). The van der Waals surface area contributed by atoms with Crippen LogP contribution in [0.2, 0.25) is 0 Å². The number of halogens is 6. The number of fused-ring (bicyclic) bond motifs is 1. The fourth-order valence-corrected chi connectivity index (χ4v) is 5.65. The van der Waals surface area contributed by atoms with Crippen molar-refractivity contribution in [3.05, 3.63) is 59.2 Å². The van der Waals surface area contributed by atoms with Gasteiger partial charge in [0.1, 0.15) is 6.04 Å². The minimum atomic E-state index is -6.08. The number of benzene rings is 2. The smallest absolute Gasteiger partial charge is 0.395 e. The van der Waals surface area contributed by atoms with Gasteiger partial charge in [0.2, 0.25) is 5.91 Å². The Morgan fingerprint density at radius 3 is 2.10 bits per heavy atom. The number of rotatable bonds is 7. The van der Waals surface area contributed by atoms with Gasteiger partial charge in [-0.15, -0.1) is 0 Å². The Labute approximate surface area is 224 Å². The van der Waals surface area contributed by atoms with Gasteiger partial charge in [-0.05, 0) is 48.2 Å². The summed E-state index contributed by atoms with van der Waals surface area (Å²) in [6, 6.07) is 4.87. The van der Waals surface area contributed by atoms with Crippen LogP contribution in [0.5, 0.6) is 0 Å². The first kappa shape index (κ1) is 29.8. The van der Waals surface area contributed by atoms with E-state index in [0.29, 0.717) is 30.5 Å². The SMILES string of the molecule is CC1(C(=O)N2Cc3cc(S(=O)(=O)CCO)ccc3C2C(=O)Nc2ccc(C(O)(C(F)(F)F)C(F)(F)F)cc2)CC1. The molecule has 2 aliphatic rings. The zero-order chi connectivity index (χ0) is 29.9. The molecule has 2 aromatic rings. The number of anilines is 1. The molecule has 2 aromatic carbocycles. The summed E-state index contributed by atoms with van der Waals surface area (Å²) in [6.07, 6.45) is -11.0. The van der Waals surface area contributed by atoms with Crippen LogP contribution in [0, 0.1) is 5.41 Å². The first-order valence-corrected chi connectivity index (χ1v) is 13.6. The zero-order valence-corrected chi connectivity index (χ0v) is 21.6. The summed E-state index contributed by atoms with van der Waals surface area (Å²) in [7, 11) is -3.84. The minimum absolute atomic E-state index is 0.118. The summed E-state index contributed by atoms with van der Waals surface area (Å²) in [5.41, 5.74) is -6.93. The number of nitrogens with one attached hydrogen (secondary N) is 1. The molecule has 8 nitrogen and oxygen atoms in total. The molecule has 0 spiro atoms. The highest BCUT2D eigenvalue weighted by Gasteiger charge is 2.71. The largest absolute Gasteiger partial charge is 0.430 e. The van der Waals surface area contributed by atoms with Crippen molar-refractivity contribution in [1.82, 2.24) is 4.90 Å². The van der Waals surface area contributed by atoms with Crippen LogP contribution in [0.1, 0.15) is 42.5 Å². The number of aliphatic hydroxyl groups excluding tert-OH is 1. The van der Waals surface area contributed by atoms with E-state index in [1.54, 1.807) is 6.92 Å². The van der Waals surface area contributed by atoms with Crippen LogP contribution in [0.25, 0.3) is 0 Å². The Morgan fingerprint density at radius 1 is 1.02 bits per heavy atom. The monoisotopic (exact) mass is 594 g/mol. The lowest BCUT2D eigenvalue weighted by Gasteiger charge is -2.32. The van der Waals surface area contributed by atoms with E-state index < -0.39 is 63.1 Å². The average molecular weight is 595 g/mol. The number of hydrogen-bond acceptors (Lipinski definition) is 6.